The highest BCUT2D eigenvalue weighted by Gasteiger charge is 2.22. The molecule has 1 aliphatic carbocycles. The molecular weight excluding hydrogens is 414 g/mol. The Morgan fingerprint density at radius 2 is 1.88 bits per heavy atom. The standard InChI is InChI=1S/C26H29N5O2/c1-2-17-7-10-20(11-8-17)28-15-19(14-27)18-9-12-23-22(13-18)24(16-29-23)31-26(33)25(32)30-21-5-3-4-6-21/h7-16,21,29H,2-6,27H2,1H3,(H,30,32)(H,31,33)/b19-14+,28-15?. The maximum atomic E-state index is 12.4. The number of amides is 2. The maximum absolute atomic E-state index is 12.4. The summed E-state index contributed by atoms with van der Waals surface area (Å²) in [6, 6.07) is 13.9. The van der Waals surface area contributed by atoms with Crippen LogP contribution < -0.4 is 16.4 Å². The van der Waals surface area contributed by atoms with Crippen LogP contribution in [0.2, 0.25) is 0 Å². The van der Waals surface area contributed by atoms with Crippen molar-refractivity contribution in [1.82, 2.24) is 10.3 Å². The van der Waals surface area contributed by atoms with Gasteiger partial charge in [-0.1, -0.05) is 38.0 Å². The van der Waals surface area contributed by atoms with Gasteiger partial charge >= 0.3 is 11.8 Å². The molecule has 7 heteroatoms. The van der Waals surface area contributed by atoms with Crippen molar-refractivity contribution in [2.75, 3.05) is 5.32 Å². The molecule has 0 radical (unpaired) electrons. The number of nitrogens with one attached hydrogen (secondary N) is 3. The molecule has 3 aromatic rings. The highest BCUT2D eigenvalue weighted by atomic mass is 16.2. The summed E-state index contributed by atoms with van der Waals surface area (Å²) in [5, 5.41) is 6.32. The van der Waals surface area contributed by atoms with Crippen molar-refractivity contribution in [1.29, 1.82) is 0 Å². The average Bonchev–Trinajstić information content (AvgIpc) is 3.50. The van der Waals surface area contributed by atoms with E-state index >= 15 is 0 Å². The van der Waals surface area contributed by atoms with E-state index in [4.69, 9.17) is 5.73 Å². The number of rotatable bonds is 6. The number of carbonyl (C=O) groups excluding carboxylic acids is 2. The first-order valence-electron chi connectivity index (χ1n) is 11.4. The number of hydrogen-bond donors (Lipinski definition) is 4. The molecule has 1 heterocycles. The number of fused-ring (bicyclic) bond motifs is 1. The van der Waals surface area contributed by atoms with E-state index in [2.05, 4.69) is 39.7 Å². The number of aromatic nitrogens is 1. The van der Waals surface area contributed by atoms with Gasteiger partial charge in [-0.3, -0.25) is 14.6 Å². The van der Waals surface area contributed by atoms with Gasteiger partial charge in [-0.25, -0.2) is 0 Å². The molecule has 1 saturated carbocycles. The van der Waals surface area contributed by atoms with E-state index in [-0.39, 0.29) is 6.04 Å². The van der Waals surface area contributed by atoms with Gasteiger partial charge in [0.05, 0.1) is 11.4 Å². The van der Waals surface area contributed by atoms with Gasteiger partial charge in [-0.2, -0.15) is 0 Å². The Morgan fingerprint density at radius 3 is 2.58 bits per heavy atom. The summed E-state index contributed by atoms with van der Waals surface area (Å²) in [7, 11) is 0. The zero-order valence-electron chi connectivity index (χ0n) is 18.7. The minimum atomic E-state index is -0.667. The Bertz CT molecular complexity index is 1200. The van der Waals surface area contributed by atoms with Crippen LogP contribution in [0.15, 0.2) is 59.9 Å². The zero-order valence-corrected chi connectivity index (χ0v) is 18.7. The number of carbonyl (C=O) groups is 2. The lowest BCUT2D eigenvalue weighted by Gasteiger charge is -2.11. The molecule has 0 saturated heterocycles. The highest BCUT2D eigenvalue weighted by Crippen LogP contribution is 2.27. The van der Waals surface area contributed by atoms with E-state index in [0.717, 1.165) is 59.8 Å². The Morgan fingerprint density at radius 1 is 1.12 bits per heavy atom. The van der Waals surface area contributed by atoms with E-state index in [9.17, 15) is 9.59 Å². The van der Waals surface area contributed by atoms with E-state index < -0.39 is 11.8 Å². The first kappa shape index (κ1) is 22.3. The normalized spacial score (nSPS) is 14.8. The van der Waals surface area contributed by atoms with Gasteiger partial charge in [0, 0.05) is 41.1 Å². The predicted octanol–water partition coefficient (Wildman–Crippen LogP) is 4.43. The molecule has 0 unspecified atom stereocenters. The molecule has 0 spiro atoms. The summed E-state index contributed by atoms with van der Waals surface area (Å²) in [4.78, 5) is 32.4. The fraction of sp³-hybridized carbons (Fsp3) is 0.269. The molecule has 0 atom stereocenters. The molecule has 2 amide bonds. The number of hydrogen-bond acceptors (Lipinski definition) is 4. The van der Waals surface area contributed by atoms with Gasteiger partial charge in [0.15, 0.2) is 0 Å². The molecule has 1 aliphatic rings. The van der Waals surface area contributed by atoms with Crippen LogP contribution in [0.3, 0.4) is 0 Å². The van der Waals surface area contributed by atoms with Crippen LogP contribution in [0.25, 0.3) is 16.5 Å². The summed E-state index contributed by atoms with van der Waals surface area (Å²) in [5.41, 5.74) is 11.0. The lowest BCUT2D eigenvalue weighted by Crippen LogP contribution is -2.40. The van der Waals surface area contributed by atoms with Crippen molar-refractivity contribution >= 4 is 45.9 Å². The van der Waals surface area contributed by atoms with E-state index in [0.29, 0.717) is 5.69 Å². The van der Waals surface area contributed by atoms with Gasteiger partial charge in [-0.15, -0.1) is 0 Å². The SMILES string of the molecule is CCc1ccc(N=C/C(=C\N)c2ccc3[nH]cc(NC(=O)C(=O)NC4CCCC4)c3c2)cc1. The molecule has 33 heavy (non-hydrogen) atoms. The maximum Gasteiger partial charge on any atom is 0.313 e. The Kier molecular flexibility index (Phi) is 6.88. The molecule has 170 valence electrons. The van der Waals surface area contributed by atoms with Gasteiger partial charge < -0.3 is 21.4 Å². The van der Waals surface area contributed by atoms with Crippen LogP contribution in [0.4, 0.5) is 11.4 Å². The summed E-state index contributed by atoms with van der Waals surface area (Å²) >= 11 is 0. The number of allylic oxidation sites excluding steroid dienone is 1. The van der Waals surface area contributed by atoms with Crippen LogP contribution in [0.1, 0.15) is 43.7 Å². The van der Waals surface area contributed by atoms with E-state index in [1.165, 1.54) is 11.8 Å². The molecule has 5 N–H and O–H groups in total. The van der Waals surface area contributed by atoms with Gasteiger partial charge in [0.1, 0.15) is 0 Å². The number of nitrogens with two attached hydrogens (primary N) is 1. The highest BCUT2D eigenvalue weighted by molar-refractivity contribution is 6.40. The van der Waals surface area contributed by atoms with Gasteiger partial charge in [-0.05, 0) is 54.7 Å². The Hall–Kier alpha value is -3.87. The summed E-state index contributed by atoms with van der Waals surface area (Å²) in [6.45, 7) is 2.11. The number of benzene rings is 2. The first-order chi connectivity index (χ1) is 16.1. The second-order valence-electron chi connectivity index (χ2n) is 8.27. The monoisotopic (exact) mass is 443 g/mol. The molecule has 1 aromatic heterocycles. The van der Waals surface area contributed by atoms with Gasteiger partial charge in [0.25, 0.3) is 0 Å². The van der Waals surface area contributed by atoms with E-state index in [1.807, 2.05) is 30.3 Å². The molecule has 2 aromatic carbocycles. The Balaban J connectivity index is 1.50. The predicted molar refractivity (Wildman–Crippen MR) is 133 cm³/mol. The van der Waals surface area contributed by atoms with Crippen LogP contribution >= 0.6 is 0 Å². The molecule has 0 aliphatic heterocycles. The number of aryl methyl sites for hydroxylation is 1. The Labute approximate surface area is 193 Å². The fourth-order valence-electron chi connectivity index (χ4n) is 4.08. The van der Waals surface area contributed by atoms with Gasteiger partial charge in [0.2, 0.25) is 0 Å². The molecular formula is C26H29N5O2. The van der Waals surface area contributed by atoms with Crippen molar-refractivity contribution in [2.24, 2.45) is 10.7 Å². The van der Waals surface area contributed by atoms with Crippen LogP contribution in [-0.4, -0.2) is 29.1 Å². The molecule has 1 fully saturated rings. The quantitative estimate of drug-likeness (QED) is 0.334. The third kappa shape index (κ3) is 5.31. The van der Waals surface area contributed by atoms with Crippen LogP contribution in [0.5, 0.6) is 0 Å². The molecule has 0 bridgehead atoms. The number of aliphatic imine (C=N–C) groups is 1. The number of nitrogens with zero attached hydrogens (tertiary/aromatic N) is 1. The second-order valence-corrected chi connectivity index (χ2v) is 8.27. The smallest absolute Gasteiger partial charge is 0.313 e. The molecule has 4 rings (SSSR count). The minimum Gasteiger partial charge on any atom is -0.404 e. The van der Waals surface area contributed by atoms with Crippen molar-refractivity contribution in [3.05, 3.63) is 66.0 Å². The number of anilines is 1. The minimum absolute atomic E-state index is 0.0903. The second kappa shape index (κ2) is 10.2. The van der Waals surface area contributed by atoms with Crippen molar-refractivity contribution < 1.29 is 9.59 Å². The lowest BCUT2D eigenvalue weighted by molar-refractivity contribution is -0.136. The number of H-pyrrole nitrogens is 1. The average molecular weight is 444 g/mol. The molecule has 7 nitrogen and oxygen atoms in total. The fourth-order valence-corrected chi connectivity index (χ4v) is 4.08. The summed E-state index contributed by atoms with van der Waals surface area (Å²) in [6.07, 6.45) is 9.92. The summed E-state index contributed by atoms with van der Waals surface area (Å²) in [5.74, 6) is -1.27. The van der Waals surface area contributed by atoms with Crippen molar-refractivity contribution in [3.8, 4) is 0 Å². The topological polar surface area (TPSA) is 112 Å². The van der Waals surface area contributed by atoms with Crippen LogP contribution in [-0.2, 0) is 16.0 Å². The van der Waals surface area contributed by atoms with Crippen molar-refractivity contribution in [2.45, 2.75) is 45.1 Å². The van der Waals surface area contributed by atoms with E-state index in [1.54, 1.807) is 12.4 Å². The first-order valence-corrected chi connectivity index (χ1v) is 11.4. The summed E-state index contributed by atoms with van der Waals surface area (Å²) < 4.78 is 0. The number of aromatic amines is 1. The zero-order chi connectivity index (χ0) is 23.2. The third-order valence-electron chi connectivity index (χ3n) is 6.04. The van der Waals surface area contributed by atoms with Crippen molar-refractivity contribution in [3.63, 3.8) is 0 Å². The van der Waals surface area contributed by atoms with Crippen LogP contribution in [0, 0.1) is 0 Å². The lowest BCUT2D eigenvalue weighted by atomic mass is 10.1. The third-order valence-corrected chi connectivity index (χ3v) is 6.04. The largest absolute Gasteiger partial charge is 0.404 e.